The van der Waals surface area contributed by atoms with Gasteiger partial charge < -0.3 is 18.8 Å². The molecule has 6 nitrogen and oxygen atoms in total. The first-order valence-corrected chi connectivity index (χ1v) is 8.72. The number of hydrogen-bond acceptors (Lipinski definition) is 5. The molecule has 1 aliphatic carbocycles. The van der Waals surface area contributed by atoms with Gasteiger partial charge in [0.2, 0.25) is 0 Å². The van der Waals surface area contributed by atoms with Gasteiger partial charge in [0.15, 0.2) is 5.76 Å². The number of amides is 1. The molecule has 0 bridgehead atoms. The molecular formula is C19H22N2O4. The van der Waals surface area contributed by atoms with Crippen LogP contribution in [0.15, 0.2) is 41.1 Å². The van der Waals surface area contributed by atoms with E-state index in [4.69, 9.17) is 13.9 Å². The first-order chi connectivity index (χ1) is 12.2. The number of fused-ring (bicyclic) bond motifs is 1. The fourth-order valence-electron chi connectivity index (χ4n) is 3.72. The van der Waals surface area contributed by atoms with Crippen LogP contribution < -0.4 is 0 Å². The van der Waals surface area contributed by atoms with Crippen LogP contribution in [0.4, 0.5) is 0 Å². The summed E-state index contributed by atoms with van der Waals surface area (Å²) < 4.78 is 17.6. The Hall–Kier alpha value is -2.18. The first kappa shape index (κ1) is 16.3. The summed E-state index contributed by atoms with van der Waals surface area (Å²) in [4.78, 5) is 18.7. The van der Waals surface area contributed by atoms with E-state index in [0.29, 0.717) is 25.5 Å². The van der Waals surface area contributed by atoms with Crippen LogP contribution >= 0.6 is 0 Å². The lowest BCUT2D eigenvalue weighted by Crippen LogP contribution is -2.53. The predicted molar refractivity (Wildman–Crippen MR) is 90.1 cm³/mol. The highest BCUT2D eigenvalue weighted by molar-refractivity contribution is 5.92. The number of hydrogen-bond donors (Lipinski definition) is 0. The number of carbonyl (C=O) groups is 1. The van der Waals surface area contributed by atoms with Crippen molar-refractivity contribution < 1.29 is 18.7 Å². The van der Waals surface area contributed by atoms with Crippen LogP contribution in [0.25, 0.3) is 0 Å². The van der Waals surface area contributed by atoms with Gasteiger partial charge in [-0.15, -0.1) is 0 Å². The van der Waals surface area contributed by atoms with E-state index in [9.17, 15) is 4.79 Å². The second-order valence-corrected chi connectivity index (χ2v) is 6.59. The first-order valence-electron chi connectivity index (χ1n) is 8.72. The number of aromatic nitrogens is 1. The molecule has 4 rings (SSSR count). The summed E-state index contributed by atoms with van der Waals surface area (Å²) in [5.74, 6) is 1.10. The van der Waals surface area contributed by atoms with Gasteiger partial charge in [0.1, 0.15) is 11.9 Å². The zero-order valence-electron chi connectivity index (χ0n) is 14.3. The monoisotopic (exact) mass is 342 g/mol. The second kappa shape index (κ2) is 6.98. The van der Waals surface area contributed by atoms with E-state index >= 15 is 0 Å². The number of ether oxygens (including phenoxy) is 2. The zero-order valence-corrected chi connectivity index (χ0v) is 14.3. The van der Waals surface area contributed by atoms with Crippen molar-refractivity contribution in [2.24, 2.45) is 0 Å². The number of carbonyl (C=O) groups excluding carboxylic acids is 1. The lowest BCUT2D eigenvalue weighted by Gasteiger charge is -2.38. The lowest BCUT2D eigenvalue weighted by molar-refractivity contribution is -0.108. The number of pyridine rings is 1. The molecule has 1 saturated heterocycles. The molecule has 1 aliphatic heterocycles. The normalized spacial score (nSPS) is 25.8. The van der Waals surface area contributed by atoms with Crippen molar-refractivity contribution >= 4 is 5.91 Å². The van der Waals surface area contributed by atoms with Crippen molar-refractivity contribution in [3.8, 4) is 0 Å². The Morgan fingerprint density at radius 2 is 2.12 bits per heavy atom. The minimum Gasteiger partial charge on any atom is -0.456 e. The number of aryl methyl sites for hydroxylation is 1. The maximum Gasteiger partial charge on any atom is 0.289 e. The maximum atomic E-state index is 12.8. The summed E-state index contributed by atoms with van der Waals surface area (Å²) >= 11 is 0. The van der Waals surface area contributed by atoms with Crippen molar-refractivity contribution in [2.75, 3.05) is 13.2 Å². The van der Waals surface area contributed by atoms with E-state index in [-0.39, 0.29) is 24.2 Å². The molecule has 3 heterocycles. The van der Waals surface area contributed by atoms with Crippen LogP contribution in [0.3, 0.4) is 0 Å². The van der Waals surface area contributed by atoms with Gasteiger partial charge >= 0.3 is 0 Å². The van der Waals surface area contributed by atoms with Crippen molar-refractivity contribution in [3.63, 3.8) is 0 Å². The highest BCUT2D eigenvalue weighted by atomic mass is 16.5. The largest absolute Gasteiger partial charge is 0.456 e. The number of rotatable bonds is 4. The fourth-order valence-corrected chi connectivity index (χ4v) is 3.72. The summed E-state index contributed by atoms with van der Waals surface area (Å²) in [6, 6.07) is 7.51. The molecule has 2 fully saturated rings. The van der Waals surface area contributed by atoms with Gasteiger partial charge in [-0.3, -0.25) is 9.78 Å². The van der Waals surface area contributed by atoms with Crippen LogP contribution in [-0.2, 0) is 16.1 Å². The van der Waals surface area contributed by atoms with Crippen molar-refractivity contribution in [1.29, 1.82) is 0 Å². The molecular weight excluding hydrogens is 320 g/mol. The Morgan fingerprint density at radius 1 is 1.28 bits per heavy atom. The summed E-state index contributed by atoms with van der Waals surface area (Å²) in [5.41, 5.74) is 1.09. The molecule has 2 aliphatic rings. The van der Waals surface area contributed by atoms with E-state index in [1.165, 1.54) is 0 Å². The van der Waals surface area contributed by atoms with E-state index in [1.807, 2.05) is 30.0 Å². The summed E-state index contributed by atoms with van der Waals surface area (Å²) in [5, 5.41) is 0. The molecule has 3 atom stereocenters. The van der Waals surface area contributed by atoms with E-state index < -0.39 is 0 Å². The lowest BCUT2D eigenvalue weighted by atomic mass is 10.1. The van der Waals surface area contributed by atoms with Gasteiger partial charge in [0.05, 0.1) is 25.4 Å². The molecule has 0 N–H and O–H groups in total. The van der Waals surface area contributed by atoms with Gasteiger partial charge in [-0.25, -0.2) is 0 Å². The van der Waals surface area contributed by atoms with E-state index in [1.54, 1.807) is 18.5 Å². The SMILES string of the molecule is Cc1ccc(C(=O)N2CCO[C@@H]3[C@H]2CC[C@H]3OCc2ccncc2)o1. The van der Waals surface area contributed by atoms with Gasteiger partial charge in [0, 0.05) is 18.9 Å². The Morgan fingerprint density at radius 3 is 2.88 bits per heavy atom. The topological polar surface area (TPSA) is 64.8 Å². The third-order valence-corrected chi connectivity index (χ3v) is 4.96. The standard InChI is InChI=1S/C19H22N2O4/c1-13-2-4-17(25-13)19(22)21-10-11-23-18-15(21)3-5-16(18)24-12-14-6-8-20-9-7-14/h2,4,6-9,15-16,18H,3,5,10-12H2,1H3/t15-,16-,18-/m1/s1. The van der Waals surface area contributed by atoms with E-state index in [2.05, 4.69) is 4.98 Å². The van der Waals surface area contributed by atoms with Gasteiger partial charge in [-0.1, -0.05) is 0 Å². The number of morpholine rings is 1. The van der Waals surface area contributed by atoms with Crippen LogP contribution in [0.5, 0.6) is 0 Å². The summed E-state index contributed by atoms with van der Waals surface area (Å²) in [7, 11) is 0. The molecule has 0 unspecified atom stereocenters. The van der Waals surface area contributed by atoms with Crippen LogP contribution in [-0.4, -0.2) is 47.2 Å². The van der Waals surface area contributed by atoms with Gasteiger partial charge in [-0.05, 0) is 49.6 Å². The Balaban J connectivity index is 1.42. The minimum atomic E-state index is -0.0735. The molecule has 132 valence electrons. The highest BCUT2D eigenvalue weighted by Crippen LogP contribution is 2.33. The molecule has 0 aromatic carbocycles. The van der Waals surface area contributed by atoms with Crippen LogP contribution in [0, 0.1) is 6.92 Å². The van der Waals surface area contributed by atoms with Crippen LogP contribution in [0.2, 0.25) is 0 Å². The average Bonchev–Trinajstić information content (AvgIpc) is 3.26. The molecule has 0 radical (unpaired) electrons. The van der Waals surface area contributed by atoms with Crippen LogP contribution in [0.1, 0.15) is 34.7 Å². The molecule has 1 amide bonds. The molecule has 25 heavy (non-hydrogen) atoms. The predicted octanol–water partition coefficient (Wildman–Crippen LogP) is 2.57. The molecule has 0 spiro atoms. The molecule has 1 saturated carbocycles. The quantitative estimate of drug-likeness (QED) is 0.854. The van der Waals surface area contributed by atoms with E-state index in [0.717, 1.165) is 24.2 Å². The Labute approximate surface area is 146 Å². The van der Waals surface area contributed by atoms with Crippen molar-refractivity contribution in [2.45, 2.75) is 44.6 Å². The molecule has 2 aromatic rings. The Kier molecular flexibility index (Phi) is 4.55. The Bertz CT molecular complexity index is 730. The van der Waals surface area contributed by atoms with Crippen molar-refractivity contribution in [1.82, 2.24) is 9.88 Å². The smallest absolute Gasteiger partial charge is 0.289 e. The summed E-state index contributed by atoms with van der Waals surface area (Å²) in [6.07, 6.45) is 5.24. The second-order valence-electron chi connectivity index (χ2n) is 6.59. The number of nitrogens with zero attached hydrogens (tertiary/aromatic N) is 2. The third-order valence-electron chi connectivity index (χ3n) is 4.96. The zero-order chi connectivity index (χ0) is 17.2. The van der Waals surface area contributed by atoms with Gasteiger partial charge in [-0.2, -0.15) is 0 Å². The fraction of sp³-hybridized carbons (Fsp3) is 0.474. The average molecular weight is 342 g/mol. The van der Waals surface area contributed by atoms with Gasteiger partial charge in [0.25, 0.3) is 5.91 Å². The summed E-state index contributed by atoms with van der Waals surface area (Å²) in [6.45, 7) is 3.50. The number of furan rings is 1. The maximum absolute atomic E-state index is 12.8. The third kappa shape index (κ3) is 3.32. The molecule has 2 aromatic heterocycles. The minimum absolute atomic E-state index is 0.00658. The van der Waals surface area contributed by atoms with Crippen molar-refractivity contribution in [3.05, 3.63) is 53.7 Å². The molecule has 6 heteroatoms. The highest BCUT2D eigenvalue weighted by Gasteiger charge is 2.45.